The summed E-state index contributed by atoms with van der Waals surface area (Å²) in [5.74, 6) is 1.27. The van der Waals surface area contributed by atoms with Gasteiger partial charge in [-0.1, -0.05) is 0 Å². The molecule has 0 radical (unpaired) electrons. The molecule has 0 aliphatic carbocycles. The Balaban J connectivity index is 2.08. The van der Waals surface area contributed by atoms with E-state index in [-0.39, 0.29) is 5.60 Å². The van der Waals surface area contributed by atoms with Gasteiger partial charge in [0, 0.05) is 6.07 Å². The van der Waals surface area contributed by atoms with Crippen molar-refractivity contribution in [1.29, 1.82) is 0 Å². The maximum atomic E-state index is 11.9. The van der Waals surface area contributed by atoms with Crippen LogP contribution in [0.3, 0.4) is 0 Å². The smallest absolute Gasteiger partial charge is 0.412 e. The van der Waals surface area contributed by atoms with E-state index in [2.05, 4.69) is 17.6 Å². The lowest BCUT2D eigenvalue weighted by atomic mass is 9.94. The normalized spacial score (nSPS) is 17.0. The molecule has 2 rings (SSSR count). The number of anilines is 1. The van der Waals surface area contributed by atoms with Gasteiger partial charge in [0.1, 0.15) is 22.7 Å². The first kappa shape index (κ1) is 18.4. The van der Waals surface area contributed by atoms with Crippen molar-refractivity contribution in [3.8, 4) is 11.5 Å². The molecular weight excluding hydrogens is 308 g/mol. The molecule has 1 aromatic carbocycles. The zero-order valence-electron chi connectivity index (χ0n) is 15.2. The molecule has 1 heterocycles. The standard InChI is InChI=1S/C18H28N2O4/c1-17(2,3)24-16(21)20-14-7-6-13(12-15(14)22-5)23-18(4)8-10-19-11-9-18/h6-7,12,19H,8-11H2,1-5H3,(H,20,21). The first-order chi connectivity index (χ1) is 11.2. The molecule has 0 spiro atoms. The number of piperidine rings is 1. The summed E-state index contributed by atoms with van der Waals surface area (Å²) in [4.78, 5) is 11.9. The van der Waals surface area contributed by atoms with Gasteiger partial charge >= 0.3 is 6.09 Å². The molecule has 0 atom stereocenters. The van der Waals surface area contributed by atoms with Crippen LogP contribution in [0.15, 0.2) is 18.2 Å². The highest BCUT2D eigenvalue weighted by Crippen LogP contribution is 2.33. The van der Waals surface area contributed by atoms with Crippen LogP contribution >= 0.6 is 0 Å². The summed E-state index contributed by atoms with van der Waals surface area (Å²) in [6, 6.07) is 5.39. The average Bonchev–Trinajstić information content (AvgIpc) is 2.47. The van der Waals surface area contributed by atoms with E-state index in [1.807, 2.05) is 26.8 Å². The van der Waals surface area contributed by atoms with Gasteiger partial charge in [-0.25, -0.2) is 4.79 Å². The number of nitrogens with one attached hydrogen (secondary N) is 2. The Kier molecular flexibility index (Phi) is 5.59. The van der Waals surface area contributed by atoms with Crippen molar-refractivity contribution in [2.24, 2.45) is 0 Å². The van der Waals surface area contributed by atoms with Crippen molar-refractivity contribution in [2.45, 2.75) is 51.7 Å². The highest BCUT2D eigenvalue weighted by molar-refractivity contribution is 5.87. The van der Waals surface area contributed by atoms with Crippen LogP contribution in [-0.2, 0) is 4.74 Å². The van der Waals surface area contributed by atoms with Crippen molar-refractivity contribution in [3.63, 3.8) is 0 Å². The van der Waals surface area contributed by atoms with E-state index >= 15 is 0 Å². The Morgan fingerprint density at radius 3 is 2.50 bits per heavy atom. The Labute approximate surface area is 143 Å². The van der Waals surface area contributed by atoms with Crippen molar-refractivity contribution in [3.05, 3.63) is 18.2 Å². The Morgan fingerprint density at radius 2 is 1.92 bits per heavy atom. The van der Waals surface area contributed by atoms with Crippen LogP contribution in [0, 0.1) is 0 Å². The van der Waals surface area contributed by atoms with Crippen LogP contribution in [0.2, 0.25) is 0 Å². The summed E-state index contributed by atoms with van der Waals surface area (Å²) >= 11 is 0. The average molecular weight is 336 g/mol. The van der Waals surface area contributed by atoms with Gasteiger partial charge in [0.15, 0.2) is 0 Å². The molecule has 1 aliphatic rings. The van der Waals surface area contributed by atoms with Crippen LogP contribution in [0.5, 0.6) is 11.5 Å². The summed E-state index contributed by atoms with van der Waals surface area (Å²) < 4.78 is 16.8. The van der Waals surface area contributed by atoms with Crippen LogP contribution in [-0.4, -0.2) is 37.5 Å². The van der Waals surface area contributed by atoms with Gasteiger partial charge in [0.2, 0.25) is 0 Å². The lowest BCUT2D eigenvalue weighted by Gasteiger charge is -2.34. The third-order valence-electron chi connectivity index (χ3n) is 3.83. The van der Waals surface area contributed by atoms with E-state index in [1.165, 1.54) is 0 Å². The second-order valence-electron chi connectivity index (χ2n) is 7.29. The highest BCUT2D eigenvalue weighted by atomic mass is 16.6. The molecule has 1 aromatic rings. The van der Waals surface area contributed by atoms with E-state index in [0.29, 0.717) is 11.4 Å². The zero-order valence-corrected chi connectivity index (χ0v) is 15.2. The number of hydrogen-bond donors (Lipinski definition) is 2. The van der Waals surface area contributed by atoms with E-state index in [1.54, 1.807) is 19.2 Å². The first-order valence-corrected chi connectivity index (χ1v) is 8.29. The number of benzene rings is 1. The van der Waals surface area contributed by atoms with Gasteiger partial charge in [0.25, 0.3) is 0 Å². The van der Waals surface area contributed by atoms with E-state index in [9.17, 15) is 4.79 Å². The number of amides is 1. The van der Waals surface area contributed by atoms with Gasteiger partial charge in [-0.3, -0.25) is 5.32 Å². The van der Waals surface area contributed by atoms with Crippen LogP contribution in [0.25, 0.3) is 0 Å². The second-order valence-corrected chi connectivity index (χ2v) is 7.29. The van der Waals surface area contributed by atoms with Crippen molar-refractivity contribution < 1.29 is 19.0 Å². The molecule has 0 saturated carbocycles. The van der Waals surface area contributed by atoms with E-state index < -0.39 is 11.7 Å². The summed E-state index contributed by atoms with van der Waals surface area (Å²) in [7, 11) is 1.56. The molecule has 1 amide bonds. The lowest BCUT2D eigenvalue weighted by molar-refractivity contribution is 0.0552. The second kappa shape index (κ2) is 7.30. The molecule has 1 aliphatic heterocycles. The van der Waals surface area contributed by atoms with Crippen molar-refractivity contribution in [1.82, 2.24) is 5.32 Å². The molecule has 0 unspecified atom stereocenters. The van der Waals surface area contributed by atoms with Crippen LogP contribution in [0.1, 0.15) is 40.5 Å². The minimum absolute atomic E-state index is 0.184. The molecule has 6 nitrogen and oxygen atoms in total. The summed E-state index contributed by atoms with van der Waals surface area (Å²) in [5, 5.41) is 6.04. The predicted octanol–water partition coefficient (Wildman–Crippen LogP) is 3.56. The largest absolute Gasteiger partial charge is 0.494 e. The Bertz CT molecular complexity index is 575. The molecule has 134 valence electrons. The maximum Gasteiger partial charge on any atom is 0.412 e. The first-order valence-electron chi connectivity index (χ1n) is 8.29. The van der Waals surface area contributed by atoms with Crippen LogP contribution < -0.4 is 20.1 Å². The molecule has 0 bridgehead atoms. The maximum absolute atomic E-state index is 11.9. The third-order valence-corrected chi connectivity index (χ3v) is 3.83. The van der Waals surface area contributed by atoms with E-state index in [0.717, 1.165) is 31.7 Å². The summed E-state index contributed by atoms with van der Waals surface area (Å²) in [6.45, 7) is 9.48. The number of hydrogen-bond acceptors (Lipinski definition) is 5. The topological polar surface area (TPSA) is 68.8 Å². The van der Waals surface area contributed by atoms with Gasteiger partial charge in [-0.15, -0.1) is 0 Å². The molecule has 24 heavy (non-hydrogen) atoms. The summed E-state index contributed by atoms with van der Waals surface area (Å²) in [6.07, 6.45) is 1.39. The number of ether oxygens (including phenoxy) is 3. The molecule has 2 N–H and O–H groups in total. The third kappa shape index (κ3) is 5.30. The highest BCUT2D eigenvalue weighted by Gasteiger charge is 2.29. The Morgan fingerprint density at radius 1 is 1.25 bits per heavy atom. The minimum Gasteiger partial charge on any atom is -0.494 e. The lowest BCUT2D eigenvalue weighted by Crippen LogP contribution is -2.43. The van der Waals surface area contributed by atoms with Gasteiger partial charge in [0.05, 0.1) is 12.8 Å². The Hall–Kier alpha value is -1.95. The fourth-order valence-corrected chi connectivity index (χ4v) is 2.59. The monoisotopic (exact) mass is 336 g/mol. The van der Waals surface area contributed by atoms with Crippen LogP contribution in [0.4, 0.5) is 10.5 Å². The number of rotatable bonds is 4. The predicted molar refractivity (Wildman–Crippen MR) is 94.0 cm³/mol. The van der Waals surface area contributed by atoms with Gasteiger partial charge in [-0.2, -0.15) is 0 Å². The number of carbonyl (C=O) groups is 1. The fourth-order valence-electron chi connectivity index (χ4n) is 2.59. The number of carbonyl (C=O) groups excluding carboxylic acids is 1. The fraction of sp³-hybridized carbons (Fsp3) is 0.611. The quantitative estimate of drug-likeness (QED) is 0.880. The van der Waals surface area contributed by atoms with E-state index in [4.69, 9.17) is 14.2 Å². The molecule has 0 aromatic heterocycles. The molecule has 1 fully saturated rings. The van der Waals surface area contributed by atoms with Gasteiger partial charge in [-0.05, 0) is 65.8 Å². The van der Waals surface area contributed by atoms with Gasteiger partial charge < -0.3 is 19.5 Å². The van der Waals surface area contributed by atoms with Crippen molar-refractivity contribution >= 4 is 11.8 Å². The summed E-state index contributed by atoms with van der Waals surface area (Å²) in [5.41, 5.74) is -0.185. The molecular formula is C18H28N2O4. The zero-order chi connectivity index (χ0) is 17.8. The molecule has 1 saturated heterocycles. The van der Waals surface area contributed by atoms with Crippen molar-refractivity contribution in [2.75, 3.05) is 25.5 Å². The number of methoxy groups -OCH3 is 1. The molecule has 6 heteroatoms. The minimum atomic E-state index is -0.552. The SMILES string of the molecule is COc1cc(OC2(C)CCNCC2)ccc1NC(=O)OC(C)(C)C.